The van der Waals surface area contributed by atoms with Crippen LogP contribution < -0.4 is 10.2 Å². The highest BCUT2D eigenvalue weighted by Gasteiger charge is 2.21. The van der Waals surface area contributed by atoms with Gasteiger partial charge in [-0.25, -0.2) is 0 Å². The van der Waals surface area contributed by atoms with E-state index < -0.39 is 0 Å². The minimum Gasteiger partial charge on any atom is -0.384 e. The third-order valence-electron chi connectivity index (χ3n) is 4.16. The molecule has 0 amide bonds. The van der Waals surface area contributed by atoms with Crippen molar-refractivity contribution in [3.05, 3.63) is 23.5 Å². The summed E-state index contributed by atoms with van der Waals surface area (Å²) in [6, 6.07) is 2.72. The molecule has 0 aliphatic carbocycles. The molecule has 0 saturated carbocycles. The molecule has 4 nitrogen and oxygen atoms in total. The molecule has 2 heterocycles. The van der Waals surface area contributed by atoms with Crippen LogP contribution in [0, 0.1) is 12.8 Å². The number of ether oxygens (including phenoxy) is 1. The third-order valence-corrected chi connectivity index (χ3v) is 4.16. The number of methoxy groups -OCH3 is 1. The van der Waals surface area contributed by atoms with Crippen LogP contribution in [0.5, 0.6) is 0 Å². The Morgan fingerprint density at radius 3 is 2.71 bits per heavy atom. The minimum absolute atomic E-state index is 0.492. The lowest BCUT2D eigenvalue weighted by atomic mass is 9.97. The number of hydrogen-bond acceptors (Lipinski definition) is 4. The first kappa shape index (κ1) is 16.2. The fourth-order valence-corrected chi connectivity index (χ4v) is 2.89. The van der Waals surface area contributed by atoms with Gasteiger partial charge in [0, 0.05) is 62.5 Å². The van der Waals surface area contributed by atoms with Crippen molar-refractivity contribution in [1.82, 2.24) is 10.3 Å². The second-order valence-electron chi connectivity index (χ2n) is 6.38. The summed E-state index contributed by atoms with van der Waals surface area (Å²) >= 11 is 0. The van der Waals surface area contributed by atoms with Crippen molar-refractivity contribution >= 4 is 5.69 Å². The Bertz CT molecular complexity index is 440. The molecule has 1 saturated heterocycles. The van der Waals surface area contributed by atoms with E-state index >= 15 is 0 Å². The van der Waals surface area contributed by atoms with Gasteiger partial charge in [-0.15, -0.1) is 0 Å². The second-order valence-corrected chi connectivity index (χ2v) is 6.38. The summed E-state index contributed by atoms with van der Waals surface area (Å²) in [6.07, 6.45) is 4.46. The van der Waals surface area contributed by atoms with Crippen LogP contribution in [0.25, 0.3) is 0 Å². The molecule has 1 aromatic heterocycles. The first-order valence-electron chi connectivity index (χ1n) is 8.03. The molecule has 4 heteroatoms. The van der Waals surface area contributed by atoms with Crippen molar-refractivity contribution in [3.63, 3.8) is 0 Å². The second kappa shape index (κ2) is 7.76. The average Bonchev–Trinajstić information content (AvgIpc) is 2.47. The van der Waals surface area contributed by atoms with Crippen LogP contribution >= 0.6 is 0 Å². The molecule has 1 aromatic rings. The molecular formula is C17H29N3O. The predicted molar refractivity (Wildman–Crippen MR) is 87.8 cm³/mol. The van der Waals surface area contributed by atoms with Crippen LogP contribution in [0.2, 0.25) is 0 Å². The standard InChI is InChI=1S/C17H29N3O/c1-13(2)18-10-16-11-19-14(3)9-17(16)20-7-5-15(6-8-20)12-21-4/h9,11,13,15,18H,5-8,10,12H2,1-4H3. The number of hydrogen-bond donors (Lipinski definition) is 1. The van der Waals surface area contributed by atoms with Gasteiger partial charge in [-0.05, 0) is 31.7 Å². The smallest absolute Gasteiger partial charge is 0.0491 e. The molecular weight excluding hydrogens is 262 g/mol. The highest BCUT2D eigenvalue weighted by atomic mass is 16.5. The normalized spacial score (nSPS) is 16.7. The van der Waals surface area contributed by atoms with Crippen LogP contribution in [0.15, 0.2) is 12.3 Å². The molecule has 2 rings (SSSR count). The Morgan fingerprint density at radius 2 is 2.10 bits per heavy atom. The van der Waals surface area contributed by atoms with Crippen molar-refractivity contribution in [2.24, 2.45) is 5.92 Å². The zero-order chi connectivity index (χ0) is 15.2. The van der Waals surface area contributed by atoms with Gasteiger partial charge in [-0.3, -0.25) is 4.98 Å². The van der Waals surface area contributed by atoms with E-state index in [-0.39, 0.29) is 0 Å². The molecule has 0 unspecified atom stereocenters. The first-order valence-corrected chi connectivity index (χ1v) is 8.03. The highest BCUT2D eigenvalue weighted by molar-refractivity contribution is 5.54. The zero-order valence-corrected chi connectivity index (χ0v) is 13.9. The van der Waals surface area contributed by atoms with Crippen molar-refractivity contribution in [2.75, 3.05) is 31.7 Å². The lowest BCUT2D eigenvalue weighted by molar-refractivity contribution is 0.139. The van der Waals surface area contributed by atoms with Crippen LogP contribution in [-0.4, -0.2) is 37.8 Å². The van der Waals surface area contributed by atoms with E-state index in [4.69, 9.17) is 4.74 Å². The van der Waals surface area contributed by atoms with Crippen LogP contribution in [0.1, 0.15) is 37.9 Å². The van der Waals surface area contributed by atoms with Gasteiger partial charge in [0.2, 0.25) is 0 Å². The predicted octanol–water partition coefficient (Wildman–Crippen LogP) is 2.75. The van der Waals surface area contributed by atoms with E-state index in [9.17, 15) is 0 Å². The third kappa shape index (κ3) is 4.68. The molecule has 1 N–H and O–H groups in total. The molecule has 1 aliphatic rings. The van der Waals surface area contributed by atoms with Gasteiger partial charge in [0.1, 0.15) is 0 Å². The Morgan fingerprint density at radius 1 is 1.38 bits per heavy atom. The van der Waals surface area contributed by atoms with E-state index in [1.54, 1.807) is 7.11 Å². The van der Waals surface area contributed by atoms with Crippen molar-refractivity contribution in [1.29, 1.82) is 0 Å². The lowest BCUT2D eigenvalue weighted by Crippen LogP contribution is -2.36. The molecule has 1 fully saturated rings. The van der Waals surface area contributed by atoms with Gasteiger partial charge in [0.25, 0.3) is 0 Å². The van der Waals surface area contributed by atoms with E-state index in [1.165, 1.54) is 24.1 Å². The molecule has 0 bridgehead atoms. The molecule has 1 aliphatic heterocycles. The number of nitrogens with zero attached hydrogens (tertiary/aromatic N) is 2. The maximum atomic E-state index is 5.29. The van der Waals surface area contributed by atoms with E-state index in [1.807, 2.05) is 6.20 Å². The van der Waals surface area contributed by atoms with Crippen molar-refractivity contribution < 1.29 is 4.74 Å². The van der Waals surface area contributed by atoms with E-state index in [0.29, 0.717) is 12.0 Å². The Kier molecular flexibility index (Phi) is 6.00. The summed E-state index contributed by atoms with van der Waals surface area (Å²) in [6.45, 7) is 10.4. The molecule has 0 aromatic carbocycles. The molecule has 21 heavy (non-hydrogen) atoms. The van der Waals surface area contributed by atoms with Crippen molar-refractivity contribution in [2.45, 2.75) is 46.2 Å². The number of pyridine rings is 1. The summed E-state index contributed by atoms with van der Waals surface area (Å²) < 4.78 is 5.29. The van der Waals surface area contributed by atoms with Gasteiger partial charge in [0.05, 0.1) is 0 Å². The molecule has 118 valence electrons. The fraction of sp³-hybridized carbons (Fsp3) is 0.706. The highest BCUT2D eigenvalue weighted by Crippen LogP contribution is 2.27. The SMILES string of the molecule is COCC1CCN(c2cc(C)ncc2CNC(C)C)CC1. The first-order chi connectivity index (χ1) is 10.1. The summed E-state index contributed by atoms with van der Waals surface area (Å²) in [4.78, 5) is 6.98. The summed E-state index contributed by atoms with van der Waals surface area (Å²) in [7, 11) is 1.80. The molecule has 0 radical (unpaired) electrons. The Balaban J connectivity index is 2.06. The van der Waals surface area contributed by atoms with Gasteiger partial charge in [-0.1, -0.05) is 13.8 Å². The zero-order valence-electron chi connectivity index (χ0n) is 13.9. The van der Waals surface area contributed by atoms with E-state index in [2.05, 4.69) is 42.0 Å². The van der Waals surface area contributed by atoms with Gasteiger partial charge in [0.15, 0.2) is 0 Å². The summed E-state index contributed by atoms with van der Waals surface area (Å²) in [5.41, 5.74) is 3.75. The molecule has 0 spiro atoms. The largest absolute Gasteiger partial charge is 0.384 e. The number of anilines is 1. The maximum absolute atomic E-state index is 5.29. The van der Waals surface area contributed by atoms with Crippen LogP contribution in [0.3, 0.4) is 0 Å². The van der Waals surface area contributed by atoms with Gasteiger partial charge >= 0.3 is 0 Å². The van der Waals surface area contributed by atoms with E-state index in [0.717, 1.165) is 31.9 Å². The van der Waals surface area contributed by atoms with Gasteiger partial charge < -0.3 is 15.0 Å². The maximum Gasteiger partial charge on any atom is 0.0491 e. The number of aryl methyl sites for hydroxylation is 1. The lowest BCUT2D eigenvalue weighted by Gasteiger charge is -2.34. The quantitative estimate of drug-likeness (QED) is 0.874. The minimum atomic E-state index is 0.492. The summed E-state index contributed by atoms with van der Waals surface area (Å²) in [5, 5.41) is 3.50. The monoisotopic (exact) mass is 291 g/mol. The molecule has 0 atom stereocenters. The number of nitrogens with one attached hydrogen (secondary N) is 1. The number of rotatable bonds is 6. The van der Waals surface area contributed by atoms with Crippen molar-refractivity contribution in [3.8, 4) is 0 Å². The van der Waals surface area contributed by atoms with Crippen LogP contribution in [0.4, 0.5) is 5.69 Å². The number of piperidine rings is 1. The Hall–Kier alpha value is -1.13. The van der Waals surface area contributed by atoms with Crippen LogP contribution in [-0.2, 0) is 11.3 Å². The fourth-order valence-electron chi connectivity index (χ4n) is 2.89. The average molecular weight is 291 g/mol. The summed E-state index contributed by atoms with van der Waals surface area (Å²) in [5.74, 6) is 0.714. The topological polar surface area (TPSA) is 37.4 Å². The Labute approximate surface area is 128 Å². The number of aromatic nitrogens is 1. The van der Waals surface area contributed by atoms with Gasteiger partial charge in [-0.2, -0.15) is 0 Å².